The van der Waals surface area contributed by atoms with Crippen molar-refractivity contribution in [1.82, 2.24) is 0 Å². The van der Waals surface area contributed by atoms with Crippen LogP contribution in [-0.2, 0) is 16.8 Å². The molecule has 0 saturated heterocycles. The molecule has 2 rings (SSSR count). The summed E-state index contributed by atoms with van der Waals surface area (Å²) in [6.45, 7) is 5.59. The Morgan fingerprint density at radius 2 is 2.15 bits per heavy atom. The minimum atomic E-state index is -0.735. The maximum absolute atomic E-state index is 14.4. The van der Waals surface area contributed by atoms with Crippen LogP contribution in [-0.4, -0.2) is 27.3 Å². The molecule has 1 aromatic rings. The maximum atomic E-state index is 14.4. The van der Waals surface area contributed by atoms with Gasteiger partial charge in [0.1, 0.15) is 10.7 Å². The number of carbonyl (C=O) groups is 1. The molecule has 0 aliphatic carbocycles. The second kappa shape index (κ2) is 9.61. The quantitative estimate of drug-likeness (QED) is 0.312. The highest BCUT2D eigenvalue weighted by Gasteiger charge is 2.32. The molecular formula is C18H24ClFN4OS2. The molecule has 1 aliphatic rings. The first-order valence-corrected chi connectivity index (χ1v) is 9.69. The Labute approximate surface area is 174 Å². The number of thiocarbonyl (C=S) groups is 1. The zero-order valence-electron chi connectivity index (χ0n) is 15.5. The standard InChI is InChI=1S/C18H23FN4OS2.ClH/c1-10(2)15(23-21)16(25)14(24)9-11-4-5-13(19)12(8-11)18(3)6-7-26-17(20)22-18;/h4-5,8,10H,6-7,9,21H2,1-3H3,(H2,20,22);1H/t18-;/m0./s1. The van der Waals surface area contributed by atoms with Gasteiger partial charge in [0.15, 0.2) is 11.0 Å². The van der Waals surface area contributed by atoms with Crippen molar-refractivity contribution < 1.29 is 9.18 Å². The third-order valence-corrected chi connectivity index (χ3v) is 5.58. The van der Waals surface area contributed by atoms with Gasteiger partial charge in [-0.1, -0.05) is 43.9 Å². The van der Waals surface area contributed by atoms with Crippen LogP contribution in [0.4, 0.5) is 4.39 Å². The Balaban J connectivity index is 0.00000364. The van der Waals surface area contributed by atoms with E-state index in [2.05, 4.69) is 10.1 Å². The first-order valence-electron chi connectivity index (χ1n) is 8.30. The van der Waals surface area contributed by atoms with E-state index in [0.717, 1.165) is 5.75 Å². The fourth-order valence-corrected chi connectivity index (χ4v) is 4.19. The van der Waals surface area contributed by atoms with Gasteiger partial charge in [-0.25, -0.2) is 4.39 Å². The second-order valence-electron chi connectivity index (χ2n) is 6.73. The number of aliphatic imine (C=N–C) groups is 1. The lowest BCUT2D eigenvalue weighted by Gasteiger charge is -2.30. The molecule has 0 fully saturated rings. The summed E-state index contributed by atoms with van der Waals surface area (Å²) in [6, 6.07) is 4.62. The fourth-order valence-electron chi connectivity index (χ4n) is 2.85. The predicted molar refractivity (Wildman–Crippen MR) is 117 cm³/mol. The van der Waals surface area contributed by atoms with Crippen molar-refractivity contribution in [2.75, 3.05) is 5.75 Å². The molecule has 1 atom stereocenters. The number of hydrazone groups is 1. The Hall–Kier alpha value is -1.51. The van der Waals surface area contributed by atoms with E-state index < -0.39 is 5.54 Å². The van der Waals surface area contributed by atoms with E-state index in [1.807, 2.05) is 20.8 Å². The number of carbonyl (C=O) groups excluding carboxylic acids is 1. The van der Waals surface area contributed by atoms with E-state index in [9.17, 15) is 9.18 Å². The lowest BCUT2D eigenvalue weighted by atomic mass is 9.87. The van der Waals surface area contributed by atoms with E-state index in [1.54, 1.807) is 12.1 Å². The van der Waals surface area contributed by atoms with Crippen LogP contribution in [0.1, 0.15) is 38.3 Å². The molecule has 0 aromatic heterocycles. The largest absolute Gasteiger partial charge is 0.379 e. The minimum absolute atomic E-state index is 0. The number of thioether (sulfide) groups is 1. The van der Waals surface area contributed by atoms with Gasteiger partial charge in [-0.3, -0.25) is 9.79 Å². The molecule has 0 radical (unpaired) electrons. The molecule has 1 aromatic carbocycles. The van der Waals surface area contributed by atoms with Gasteiger partial charge in [-0.15, -0.1) is 12.4 Å². The average molecular weight is 431 g/mol. The van der Waals surface area contributed by atoms with Crippen molar-refractivity contribution >= 4 is 57.9 Å². The van der Waals surface area contributed by atoms with E-state index in [4.69, 9.17) is 23.8 Å². The minimum Gasteiger partial charge on any atom is -0.379 e. The van der Waals surface area contributed by atoms with Crippen molar-refractivity contribution in [1.29, 1.82) is 0 Å². The van der Waals surface area contributed by atoms with Crippen LogP contribution in [0.25, 0.3) is 0 Å². The third-order valence-electron chi connectivity index (χ3n) is 4.34. The van der Waals surface area contributed by atoms with Crippen molar-refractivity contribution in [3.8, 4) is 0 Å². The highest BCUT2D eigenvalue weighted by molar-refractivity contribution is 8.13. The number of amidine groups is 1. The first-order chi connectivity index (χ1) is 12.2. The molecule has 1 heterocycles. The maximum Gasteiger partial charge on any atom is 0.179 e. The highest BCUT2D eigenvalue weighted by Crippen LogP contribution is 2.36. The molecule has 0 bridgehead atoms. The molecule has 0 amide bonds. The summed E-state index contributed by atoms with van der Waals surface area (Å²) in [5.74, 6) is 5.45. The number of Topliss-reactive ketones (excluding diaryl/α,β-unsaturated/α-hetero) is 1. The molecule has 0 spiro atoms. The summed E-state index contributed by atoms with van der Waals surface area (Å²) >= 11 is 6.68. The van der Waals surface area contributed by atoms with Crippen molar-refractivity contribution in [2.45, 2.75) is 39.2 Å². The monoisotopic (exact) mass is 430 g/mol. The Bertz CT molecular complexity index is 798. The summed E-state index contributed by atoms with van der Waals surface area (Å²) in [6.07, 6.45) is 0.726. The molecule has 0 saturated carbocycles. The van der Waals surface area contributed by atoms with Crippen molar-refractivity contribution in [2.24, 2.45) is 27.6 Å². The van der Waals surface area contributed by atoms with Crippen LogP contribution in [0.15, 0.2) is 28.3 Å². The zero-order valence-corrected chi connectivity index (χ0v) is 17.9. The van der Waals surface area contributed by atoms with Gasteiger partial charge in [0, 0.05) is 17.7 Å². The SMILES string of the molecule is CC(C)C(=NN)C(=S)C(=O)Cc1ccc(F)c([C@]2(C)CCSC(N)=N2)c1.Cl. The molecular weight excluding hydrogens is 407 g/mol. The summed E-state index contributed by atoms with van der Waals surface area (Å²) in [4.78, 5) is 17.1. The number of hydrogen-bond donors (Lipinski definition) is 2. The number of hydrogen-bond acceptors (Lipinski definition) is 7. The molecule has 27 heavy (non-hydrogen) atoms. The van der Waals surface area contributed by atoms with Crippen LogP contribution in [0.3, 0.4) is 0 Å². The van der Waals surface area contributed by atoms with E-state index in [-0.39, 0.29) is 41.2 Å². The van der Waals surface area contributed by atoms with Gasteiger partial charge < -0.3 is 11.6 Å². The van der Waals surface area contributed by atoms with Gasteiger partial charge in [-0.2, -0.15) is 5.10 Å². The van der Waals surface area contributed by atoms with Crippen LogP contribution < -0.4 is 11.6 Å². The van der Waals surface area contributed by atoms with E-state index in [0.29, 0.717) is 28.4 Å². The number of benzene rings is 1. The van der Waals surface area contributed by atoms with Crippen LogP contribution in [0.5, 0.6) is 0 Å². The summed E-state index contributed by atoms with van der Waals surface area (Å²) in [5.41, 5.74) is 6.60. The number of ketones is 1. The van der Waals surface area contributed by atoms with Crippen LogP contribution in [0, 0.1) is 11.7 Å². The Morgan fingerprint density at radius 3 is 2.70 bits per heavy atom. The molecule has 4 N–H and O–H groups in total. The normalized spacial score (nSPS) is 20.0. The summed E-state index contributed by atoms with van der Waals surface area (Å²) < 4.78 is 14.4. The van der Waals surface area contributed by atoms with Gasteiger partial charge in [-0.05, 0) is 37.0 Å². The van der Waals surface area contributed by atoms with Crippen molar-refractivity contribution in [3.05, 3.63) is 35.1 Å². The number of halogens is 2. The highest BCUT2D eigenvalue weighted by atomic mass is 35.5. The summed E-state index contributed by atoms with van der Waals surface area (Å²) in [5, 5.41) is 4.08. The molecule has 148 valence electrons. The van der Waals surface area contributed by atoms with E-state index in [1.165, 1.54) is 17.8 Å². The Morgan fingerprint density at radius 1 is 1.48 bits per heavy atom. The molecule has 1 aliphatic heterocycles. The molecule has 0 unspecified atom stereocenters. The number of nitrogens with zero attached hydrogens (tertiary/aromatic N) is 2. The van der Waals surface area contributed by atoms with Gasteiger partial charge in [0.2, 0.25) is 0 Å². The lowest BCUT2D eigenvalue weighted by Crippen LogP contribution is -2.30. The van der Waals surface area contributed by atoms with Crippen LogP contribution in [0.2, 0.25) is 0 Å². The first kappa shape index (κ1) is 23.5. The fraction of sp³-hybridized carbons (Fsp3) is 0.444. The third kappa shape index (κ3) is 5.49. The Kier molecular flexibility index (Phi) is 8.38. The average Bonchev–Trinajstić information content (AvgIpc) is 2.56. The smallest absolute Gasteiger partial charge is 0.179 e. The molecule has 5 nitrogen and oxygen atoms in total. The summed E-state index contributed by atoms with van der Waals surface area (Å²) in [7, 11) is 0. The van der Waals surface area contributed by atoms with Gasteiger partial charge in [0.05, 0.1) is 11.3 Å². The van der Waals surface area contributed by atoms with Gasteiger partial charge >= 0.3 is 0 Å². The van der Waals surface area contributed by atoms with E-state index >= 15 is 0 Å². The lowest BCUT2D eigenvalue weighted by molar-refractivity contribution is -0.112. The van der Waals surface area contributed by atoms with Gasteiger partial charge in [0.25, 0.3) is 0 Å². The number of nitrogens with two attached hydrogens (primary N) is 2. The molecule has 9 heteroatoms. The van der Waals surface area contributed by atoms with Crippen molar-refractivity contribution in [3.63, 3.8) is 0 Å². The second-order valence-corrected chi connectivity index (χ2v) is 8.26. The topological polar surface area (TPSA) is 93.8 Å². The number of rotatable bonds is 6. The predicted octanol–water partition coefficient (Wildman–Crippen LogP) is 3.37. The zero-order chi connectivity index (χ0) is 19.5. The van der Waals surface area contributed by atoms with Crippen LogP contribution >= 0.6 is 36.4 Å².